The fraction of sp³-hybridized carbons (Fsp3) is 0. The van der Waals surface area contributed by atoms with Gasteiger partial charge in [0.05, 0.1) is 47.7 Å². The van der Waals surface area contributed by atoms with E-state index >= 15 is 0 Å². The van der Waals surface area contributed by atoms with Gasteiger partial charge in [0.25, 0.3) is 0 Å². The Labute approximate surface area is 252 Å². The molecule has 0 amide bonds. The summed E-state index contributed by atoms with van der Waals surface area (Å²) in [5, 5.41) is 14.4. The van der Waals surface area contributed by atoms with Gasteiger partial charge < -0.3 is 4.57 Å². The zero-order valence-corrected chi connectivity index (χ0v) is 23.2. The molecule has 0 unspecified atom stereocenters. The maximum atomic E-state index is 10.2. The minimum Gasteiger partial charge on any atom is -0.308 e. The maximum absolute atomic E-state index is 10.2. The molecule has 8 aromatic rings. The summed E-state index contributed by atoms with van der Waals surface area (Å²) in [6.07, 6.45) is 1.86. The summed E-state index contributed by atoms with van der Waals surface area (Å²) in [7, 11) is 0. The molecule has 0 aliphatic carbocycles. The number of aromatic nitrogens is 3. The van der Waals surface area contributed by atoms with Crippen LogP contribution in [0, 0.1) is 24.5 Å². The van der Waals surface area contributed by atoms with E-state index in [-0.39, 0.29) is 0 Å². The summed E-state index contributed by atoms with van der Waals surface area (Å²) < 4.78 is 4.23. The summed E-state index contributed by atoms with van der Waals surface area (Å²) in [4.78, 5) is 12.4. The number of pyridine rings is 1. The molecule has 5 aromatic carbocycles. The van der Waals surface area contributed by atoms with Crippen molar-refractivity contribution in [2.45, 2.75) is 0 Å². The van der Waals surface area contributed by atoms with Gasteiger partial charge in [0, 0.05) is 43.7 Å². The van der Waals surface area contributed by atoms with Crippen molar-refractivity contribution in [2.75, 3.05) is 0 Å². The van der Waals surface area contributed by atoms with Crippen LogP contribution in [0.25, 0.3) is 75.9 Å². The molecule has 3 heterocycles. The molecular weight excluding hydrogens is 540 g/mol. The van der Waals surface area contributed by atoms with Crippen LogP contribution in [-0.4, -0.2) is 14.1 Å². The van der Waals surface area contributed by atoms with E-state index in [1.54, 1.807) is 0 Å². The first-order valence-electron chi connectivity index (χ1n) is 14.0. The predicted molar refractivity (Wildman–Crippen MR) is 176 cm³/mol. The topological polar surface area (TPSA) is 55.3 Å². The normalized spacial score (nSPS) is 11.1. The predicted octanol–water partition coefficient (Wildman–Crippen LogP) is 9.92. The summed E-state index contributed by atoms with van der Waals surface area (Å²) in [5.74, 6) is 0.674. The first-order valence-corrected chi connectivity index (χ1v) is 14.0. The van der Waals surface area contributed by atoms with Gasteiger partial charge in [0.2, 0.25) is 0 Å². The number of para-hydroxylation sites is 2. The van der Waals surface area contributed by atoms with Crippen molar-refractivity contribution in [2.24, 2.45) is 0 Å². The van der Waals surface area contributed by atoms with Crippen LogP contribution in [0.4, 0.5) is 11.4 Å². The average Bonchev–Trinajstić information content (AvgIpc) is 3.59. The number of nitriles is 1. The Morgan fingerprint density at radius 1 is 0.568 bits per heavy atom. The van der Waals surface area contributed by atoms with Crippen molar-refractivity contribution in [3.8, 4) is 28.7 Å². The van der Waals surface area contributed by atoms with Crippen LogP contribution in [0.15, 0.2) is 121 Å². The second kappa shape index (κ2) is 9.71. The molecule has 8 rings (SSSR count). The standard InChI is InChI=1S/C38H20N6/c1-40-25-15-17-30-28-11-5-7-13-33(28)43(35(30)19-25)37-23-42-38(21-32(37)27-10-4-3-9-24(27)22-39)44-34-14-8-6-12-29(34)31-18-16-26(41-2)20-36(31)44/h3-21,23H. The largest absolute Gasteiger partial charge is 0.308 e. The Balaban J connectivity index is 1.51. The number of benzene rings is 5. The number of fused-ring (bicyclic) bond motifs is 6. The molecule has 0 saturated carbocycles. The molecule has 0 radical (unpaired) electrons. The van der Waals surface area contributed by atoms with Crippen LogP contribution in [0.1, 0.15) is 5.56 Å². The number of nitrogens with zero attached hydrogens (tertiary/aromatic N) is 6. The van der Waals surface area contributed by atoms with Crippen LogP contribution in [-0.2, 0) is 0 Å². The molecule has 0 aliphatic heterocycles. The van der Waals surface area contributed by atoms with Gasteiger partial charge in [0.1, 0.15) is 5.82 Å². The van der Waals surface area contributed by atoms with Crippen LogP contribution in [0.3, 0.4) is 0 Å². The molecule has 0 bridgehead atoms. The number of hydrogen-bond donors (Lipinski definition) is 0. The first-order chi connectivity index (χ1) is 21.7. The summed E-state index contributed by atoms with van der Waals surface area (Å²) in [5.41, 5.74) is 7.79. The van der Waals surface area contributed by atoms with Gasteiger partial charge in [-0.3, -0.25) is 4.57 Å². The van der Waals surface area contributed by atoms with Gasteiger partial charge in [-0.15, -0.1) is 0 Å². The second-order valence-electron chi connectivity index (χ2n) is 10.5. The minimum absolute atomic E-state index is 0.547. The highest BCUT2D eigenvalue weighted by molar-refractivity contribution is 6.11. The van der Waals surface area contributed by atoms with E-state index in [9.17, 15) is 5.26 Å². The molecule has 0 atom stereocenters. The zero-order valence-electron chi connectivity index (χ0n) is 23.2. The van der Waals surface area contributed by atoms with E-state index in [1.807, 2.05) is 97.2 Å². The van der Waals surface area contributed by atoms with Crippen molar-refractivity contribution in [3.63, 3.8) is 0 Å². The quantitative estimate of drug-likeness (QED) is 0.202. The highest BCUT2D eigenvalue weighted by Crippen LogP contribution is 2.40. The van der Waals surface area contributed by atoms with Crippen LogP contribution >= 0.6 is 0 Å². The van der Waals surface area contributed by atoms with Crippen molar-refractivity contribution in [1.29, 1.82) is 5.26 Å². The van der Waals surface area contributed by atoms with Gasteiger partial charge in [-0.1, -0.05) is 78.9 Å². The Bertz CT molecular complexity index is 2600. The molecule has 0 fully saturated rings. The number of hydrogen-bond acceptors (Lipinski definition) is 2. The Morgan fingerprint density at radius 2 is 1.11 bits per heavy atom. The van der Waals surface area contributed by atoms with Crippen molar-refractivity contribution in [3.05, 3.63) is 150 Å². The summed E-state index contributed by atoms with van der Waals surface area (Å²) in [6, 6.07) is 39.8. The Hall–Kier alpha value is -6.68. The first kappa shape index (κ1) is 25.1. The molecule has 6 heteroatoms. The van der Waals surface area contributed by atoms with Crippen LogP contribution in [0.5, 0.6) is 0 Å². The third-order valence-corrected chi connectivity index (χ3v) is 8.25. The third kappa shape index (κ3) is 3.61. The lowest BCUT2D eigenvalue weighted by Crippen LogP contribution is -2.04. The highest BCUT2D eigenvalue weighted by atomic mass is 15.1. The smallest absolute Gasteiger partial charge is 0.189 e. The molecule has 0 N–H and O–H groups in total. The Morgan fingerprint density at radius 3 is 1.75 bits per heavy atom. The minimum atomic E-state index is 0.547. The molecule has 3 aromatic heterocycles. The van der Waals surface area contributed by atoms with Crippen molar-refractivity contribution >= 4 is 55.0 Å². The third-order valence-electron chi connectivity index (χ3n) is 8.25. The molecule has 0 saturated heterocycles. The van der Waals surface area contributed by atoms with Gasteiger partial charge in [0.15, 0.2) is 11.4 Å². The Kier molecular flexibility index (Phi) is 5.53. The van der Waals surface area contributed by atoms with E-state index in [1.165, 1.54) is 0 Å². The zero-order chi connectivity index (χ0) is 29.8. The lowest BCUT2D eigenvalue weighted by atomic mass is 9.99. The molecular formula is C38H20N6. The van der Waals surface area contributed by atoms with Gasteiger partial charge in [-0.2, -0.15) is 5.26 Å². The maximum Gasteiger partial charge on any atom is 0.189 e. The monoisotopic (exact) mass is 560 g/mol. The lowest BCUT2D eigenvalue weighted by Gasteiger charge is -2.17. The molecule has 202 valence electrons. The number of rotatable bonds is 3. The van der Waals surface area contributed by atoms with E-state index in [0.29, 0.717) is 22.8 Å². The second-order valence-corrected chi connectivity index (χ2v) is 10.5. The fourth-order valence-corrected chi connectivity index (χ4v) is 6.33. The van der Waals surface area contributed by atoms with Crippen molar-refractivity contribution in [1.82, 2.24) is 14.1 Å². The molecule has 0 spiro atoms. The van der Waals surface area contributed by atoms with Gasteiger partial charge >= 0.3 is 0 Å². The van der Waals surface area contributed by atoms with Crippen molar-refractivity contribution < 1.29 is 0 Å². The van der Waals surface area contributed by atoms with E-state index in [2.05, 4.69) is 49.2 Å². The highest BCUT2D eigenvalue weighted by Gasteiger charge is 2.21. The molecule has 6 nitrogen and oxygen atoms in total. The SMILES string of the molecule is [C-]#[N+]c1ccc2c3ccccc3n(-c3cc(-c4ccccc4C#N)c(-n4c5ccccc5c5ccc([N+]#[C-])cc54)cn3)c2c1. The summed E-state index contributed by atoms with van der Waals surface area (Å²) >= 11 is 0. The van der Waals surface area contributed by atoms with Gasteiger partial charge in [-0.25, -0.2) is 14.7 Å². The molecule has 0 aliphatic rings. The lowest BCUT2D eigenvalue weighted by molar-refractivity contribution is 1.06. The van der Waals surface area contributed by atoms with E-state index in [4.69, 9.17) is 18.1 Å². The van der Waals surface area contributed by atoms with Crippen LogP contribution in [0.2, 0.25) is 0 Å². The van der Waals surface area contributed by atoms with E-state index in [0.717, 1.165) is 60.4 Å². The van der Waals surface area contributed by atoms with Crippen LogP contribution < -0.4 is 0 Å². The van der Waals surface area contributed by atoms with Gasteiger partial charge in [-0.05, 0) is 36.4 Å². The average molecular weight is 561 g/mol. The molecule has 44 heavy (non-hydrogen) atoms. The van der Waals surface area contributed by atoms with E-state index < -0.39 is 0 Å². The fourth-order valence-electron chi connectivity index (χ4n) is 6.33. The summed E-state index contributed by atoms with van der Waals surface area (Å²) in [6.45, 7) is 15.3.